The molecular formula is C23H28N2O. The van der Waals surface area contributed by atoms with Crippen LogP contribution in [-0.4, -0.2) is 21.9 Å². The van der Waals surface area contributed by atoms with Gasteiger partial charge in [0.25, 0.3) is 5.91 Å². The average Bonchev–Trinajstić information content (AvgIpc) is 2.97. The Labute approximate surface area is 156 Å². The number of aryl methyl sites for hydroxylation is 2. The summed E-state index contributed by atoms with van der Waals surface area (Å²) in [7, 11) is 0. The number of carbonyl (C=O) groups excluding carboxylic acids is 1. The van der Waals surface area contributed by atoms with Gasteiger partial charge in [-0.25, -0.2) is 0 Å². The van der Waals surface area contributed by atoms with E-state index in [4.69, 9.17) is 0 Å². The molecule has 2 aromatic carbocycles. The van der Waals surface area contributed by atoms with Crippen LogP contribution in [0.1, 0.15) is 48.3 Å². The third kappa shape index (κ3) is 3.52. The standard InChI is InChI=1S/C23H28N2O/c1-4-6-16-25-21-15-11-10-14-20(21)18(3)22(25)23(26)24(5-2)17-19-12-8-7-9-13-19/h7-15H,4-6,16-17H2,1-3H3. The van der Waals surface area contributed by atoms with Gasteiger partial charge >= 0.3 is 0 Å². The van der Waals surface area contributed by atoms with E-state index in [0.717, 1.165) is 41.7 Å². The summed E-state index contributed by atoms with van der Waals surface area (Å²) in [5, 5.41) is 1.18. The molecule has 1 aromatic heterocycles. The van der Waals surface area contributed by atoms with Crippen molar-refractivity contribution in [2.75, 3.05) is 6.54 Å². The van der Waals surface area contributed by atoms with Gasteiger partial charge in [-0.05, 0) is 37.5 Å². The van der Waals surface area contributed by atoms with E-state index in [1.165, 1.54) is 5.39 Å². The lowest BCUT2D eigenvalue weighted by molar-refractivity contribution is 0.0741. The van der Waals surface area contributed by atoms with Crippen LogP contribution >= 0.6 is 0 Å². The van der Waals surface area contributed by atoms with Crippen molar-refractivity contribution in [3.8, 4) is 0 Å². The Morgan fingerprint density at radius 3 is 2.38 bits per heavy atom. The number of fused-ring (bicyclic) bond motifs is 1. The lowest BCUT2D eigenvalue weighted by atomic mass is 10.1. The minimum absolute atomic E-state index is 0.126. The predicted octanol–water partition coefficient (Wildman–Crippen LogP) is 5.41. The van der Waals surface area contributed by atoms with Gasteiger partial charge < -0.3 is 9.47 Å². The predicted molar refractivity (Wildman–Crippen MR) is 108 cm³/mol. The fourth-order valence-electron chi connectivity index (χ4n) is 3.58. The van der Waals surface area contributed by atoms with E-state index < -0.39 is 0 Å². The van der Waals surface area contributed by atoms with E-state index in [-0.39, 0.29) is 5.91 Å². The van der Waals surface area contributed by atoms with Gasteiger partial charge in [-0.2, -0.15) is 0 Å². The van der Waals surface area contributed by atoms with Crippen molar-refractivity contribution in [2.45, 2.75) is 46.7 Å². The maximum absolute atomic E-state index is 13.5. The summed E-state index contributed by atoms with van der Waals surface area (Å²) in [4.78, 5) is 15.4. The van der Waals surface area contributed by atoms with Crippen molar-refractivity contribution < 1.29 is 4.79 Å². The Hall–Kier alpha value is -2.55. The molecule has 1 heterocycles. The number of amides is 1. The summed E-state index contributed by atoms with van der Waals surface area (Å²) >= 11 is 0. The highest BCUT2D eigenvalue weighted by molar-refractivity contribution is 6.01. The third-order valence-electron chi connectivity index (χ3n) is 5.05. The van der Waals surface area contributed by atoms with Crippen molar-refractivity contribution in [2.24, 2.45) is 0 Å². The van der Waals surface area contributed by atoms with Crippen molar-refractivity contribution in [3.63, 3.8) is 0 Å². The molecule has 0 aliphatic carbocycles. The Morgan fingerprint density at radius 2 is 1.69 bits per heavy atom. The van der Waals surface area contributed by atoms with Crippen molar-refractivity contribution in [3.05, 3.63) is 71.4 Å². The average molecular weight is 348 g/mol. The summed E-state index contributed by atoms with van der Waals surface area (Å²) in [6.45, 7) is 8.54. The van der Waals surface area contributed by atoms with Crippen LogP contribution in [0.25, 0.3) is 10.9 Å². The fourth-order valence-corrected chi connectivity index (χ4v) is 3.58. The first-order valence-corrected chi connectivity index (χ1v) is 9.58. The summed E-state index contributed by atoms with van der Waals surface area (Å²) in [6, 6.07) is 18.6. The fraction of sp³-hybridized carbons (Fsp3) is 0.348. The topological polar surface area (TPSA) is 25.2 Å². The van der Waals surface area contributed by atoms with E-state index in [1.807, 2.05) is 23.1 Å². The summed E-state index contributed by atoms with van der Waals surface area (Å²) < 4.78 is 2.23. The Morgan fingerprint density at radius 1 is 1.00 bits per heavy atom. The lowest BCUT2D eigenvalue weighted by Gasteiger charge is -2.23. The Bertz CT molecular complexity index is 880. The molecule has 3 aromatic rings. The largest absolute Gasteiger partial charge is 0.336 e. The molecule has 0 saturated carbocycles. The van der Waals surface area contributed by atoms with Gasteiger partial charge in [0.2, 0.25) is 0 Å². The molecule has 0 aliphatic heterocycles. The van der Waals surface area contributed by atoms with E-state index in [2.05, 4.69) is 61.7 Å². The normalized spacial score (nSPS) is 11.0. The molecule has 0 radical (unpaired) electrons. The van der Waals surface area contributed by atoms with Gasteiger partial charge in [-0.15, -0.1) is 0 Å². The molecule has 0 spiro atoms. The number of benzene rings is 2. The molecule has 0 N–H and O–H groups in total. The van der Waals surface area contributed by atoms with Crippen LogP contribution in [0.4, 0.5) is 0 Å². The van der Waals surface area contributed by atoms with Crippen LogP contribution in [0.3, 0.4) is 0 Å². The van der Waals surface area contributed by atoms with Crippen molar-refractivity contribution in [1.29, 1.82) is 0 Å². The van der Waals surface area contributed by atoms with E-state index >= 15 is 0 Å². The molecule has 136 valence electrons. The van der Waals surface area contributed by atoms with Crippen LogP contribution in [-0.2, 0) is 13.1 Å². The molecule has 0 unspecified atom stereocenters. The first-order valence-electron chi connectivity index (χ1n) is 9.58. The number of hydrogen-bond acceptors (Lipinski definition) is 1. The quantitative estimate of drug-likeness (QED) is 0.560. The number of nitrogens with zero attached hydrogens (tertiary/aromatic N) is 2. The van der Waals surface area contributed by atoms with Gasteiger partial charge in [0.05, 0.1) is 0 Å². The van der Waals surface area contributed by atoms with E-state index in [0.29, 0.717) is 13.1 Å². The summed E-state index contributed by atoms with van der Waals surface area (Å²) in [6.07, 6.45) is 2.18. The van der Waals surface area contributed by atoms with Crippen molar-refractivity contribution >= 4 is 16.8 Å². The Balaban J connectivity index is 2.01. The van der Waals surface area contributed by atoms with Crippen molar-refractivity contribution in [1.82, 2.24) is 9.47 Å². The minimum atomic E-state index is 0.126. The molecular weight excluding hydrogens is 320 g/mol. The zero-order valence-corrected chi connectivity index (χ0v) is 16.0. The molecule has 3 rings (SSSR count). The van der Waals surface area contributed by atoms with Crippen LogP contribution in [0.2, 0.25) is 0 Å². The molecule has 3 heteroatoms. The van der Waals surface area contributed by atoms with Crippen LogP contribution in [0, 0.1) is 6.92 Å². The zero-order chi connectivity index (χ0) is 18.5. The highest BCUT2D eigenvalue weighted by Crippen LogP contribution is 2.27. The highest BCUT2D eigenvalue weighted by atomic mass is 16.2. The van der Waals surface area contributed by atoms with Gasteiger partial charge in [0.1, 0.15) is 5.69 Å². The number of rotatable bonds is 7. The number of aromatic nitrogens is 1. The van der Waals surface area contributed by atoms with Gasteiger partial charge in [-0.3, -0.25) is 4.79 Å². The van der Waals surface area contributed by atoms with Crippen LogP contribution < -0.4 is 0 Å². The van der Waals surface area contributed by atoms with E-state index in [9.17, 15) is 4.79 Å². The minimum Gasteiger partial charge on any atom is -0.336 e. The molecule has 0 fully saturated rings. The number of carbonyl (C=O) groups is 1. The first-order chi connectivity index (χ1) is 12.7. The lowest BCUT2D eigenvalue weighted by Crippen LogP contribution is -2.32. The smallest absolute Gasteiger partial charge is 0.271 e. The molecule has 3 nitrogen and oxygen atoms in total. The van der Waals surface area contributed by atoms with E-state index in [1.54, 1.807) is 0 Å². The molecule has 1 amide bonds. The van der Waals surface area contributed by atoms with Crippen LogP contribution in [0.15, 0.2) is 54.6 Å². The SMILES string of the molecule is CCCCn1c(C(=O)N(CC)Cc2ccccc2)c(C)c2ccccc21. The molecule has 0 atom stereocenters. The highest BCUT2D eigenvalue weighted by Gasteiger charge is 2.23. The second-order valence-corrected chi connectivity index (χ2v) is 6.80. The Kier molecular flexibility index (Phi) is 5.77. The maximum Gasteiger partial charge on any atom is 0.271 e. The first kappa shape index (κ1) is 18.2. The molecule has 0 aliphatic rings. The molecule has 0 bridgehead atoms. The number of hydrogen-bond donors (Lipinski definition) is 0. The monoisotopic (exact) mass is 348 g/mol. The maximum atomic E-state index is 13.5. The zero-order valence-electron chi connectivity index (χ0n) is 16.0. The van der Waals surface area contributed by atoms with Gasteiger partial charge in [0.15, 0.2) is 0 Å². The summed E-state index contributed by atoms with van der Waals surface area (Å²) in [5.41, 5.74) is 4.26. The second-order valence-electron chi connectivity index (χ2n) is 6.80. The second kappa shape index (κ2) is 8.22. The molecule has 0 saturated heterocycles. The summed E-state index contributed by atoms with van der Waals surface area (Å²) in [5.74, 6) is 0.126. The third-order valence-corrected chi connectivity index (χ3v) is 5.05. The van der Waals surface area contributed by atoms with Gasteiger partial charge in [0, 0.05) is 30.5 Å². The number of para-hydroxylation sites is 1. The van der Waals surface area contributed by atoms with Gasteiger partial charge in [-0.1, -0.05) is 61.9 Å². The molecule has 26 heavy (non-hydrogen) atoms. The number of unbranched alkanes of at least 4 members (excludes halogenated alkanes) is 1. The van der Waals surface area contributed by atoms with Crippen LogP contribution in [0.5, 0.6) is 0 Å².